The van der Waals surface area contributed by atoms with Crippen LogP contribution in [0.5, 0.6) is 0 Å². The predicted octanol–water partition coefficient (Wildman–Crippen LogP) is 4.64. The van der Waals surface area contributed by atoms with Crippen LogP contribution in [-0.4, -0.2) is 35.7 Å². The third-order valence-electron chi connectivity index (χ3n) is 5.65. The van der Waals surface area contributed by atoms with Crippen LogP contribution in [0.1, 0.15) is 50.9 Å². The first-order chi connectivity index (χ1) is 16.7. The average Bonchev–Trinajstić information content (AvgIpc) is 3.51. The number of rotatable bonds is 7. The maximum atomic E-state index is 13.3. The standard InChI is InChI=1S/C25H22F3N3O4/c26-25(27,28)18-5-1-4-17(14-18)20(15-31-12-2-7-22(31)32)30-23(33)16-8-10-19(11-9-16)29-24(34)21-6-3-13-35-21/h1,3-6,8-11,13-14,20H,2,7,12,15H2,(H,29,34)(H,30,33). The maximum absolute atomic E-state index is 13.3. The Morgan fingerprint density at radius 3 is 2.43 bits per heavy atom. The van der Waals surface area contributed by atoms with Crippen molar-refractivity contribution in [1.29, 1.82) is 0 Å². The number of anilines is 1. The first kappa shape index (κ1) is 24.1. The van der Waals surface area contributed by atoms with E-state index in [1.54, 1.807) is 11.0 Å². The van der Waals surface area contributed by atoms with E-state index in [-0.39, 0.29) is 29.3 Å². The number of benzene rings is 2. The van der Waals surface area contributed by atoms with Crippen molar-refractivity contribution in [3.8, 4) is 0 Å². The van der Waals surface area contributed by atoms with Crippen molar-refractivity contribution >= 4 is 23.4 Å². The smallest absolute Gasteiger partial charge is 0.416 e. The second kappa shape index (κ2) is 10.0. The number of amides is 3. The van der Waals surface area contributed by atoms with Gasteiger partial charge in [-0.1, -0.05) is 12.1 Å². The number of hydrogen-bond donors (Lipinski definition) is 2. The molecule has 1 aliphatic heterocycles. The lowest BCUT2D eigenvalue weighted by molar-refractivity contribution is -0.137. The molecule has 1 saturated heterocycles. The summed E-state index contributed by atoms with van der Waals surface area (Å²) in [4.78, 5) is 38.7. The van der Waals surface area contributed by atoms with Gasteiger partial charge in [0, 0.05) is 30.8 Å². The summed E-state index contributed by atoms with van der Waals surface area (Å²) in [5.74, 6) is -0.949. The van der Waals surface area contributed by atoms with Crippen molar-refractivity contribution in [2.45, 2.75) is 25.1 Å². The second-order valence-electron chi connectivity index (χ2n) is 8.10. The summed E-state index contributed by atoms with van der Waals surface area (Å²) in [5, 5.41) is 5.39. The lowest BCUT2D eigenvalue weighted by Crippen LogP contribution is -2.38. The molecule has 35 heavy (non-hydrogen) atoms. The fraction of sp³-hybridized carbons (Fsp3) is 0.240. The molecule has 1 aromatic heterocycles. The van der Waals surface area contributed by atoms with Crippen LogP contribution < -0.4 is 10.6 Å². The van der Waals surface area contributed by atoms with Gasteiger partial charge in [-0.2, -0.15) is 13.2 Å². The summed E-state index contributed by atoms with van der Waals surface area (Å²) in [6.07, 6.45) is -2.13. The SMILES string of the molecule is O=C(NC(CN1CCCC1=O)c1cccc(C(F)(F)F)c1)c1ccc(NC(=O)c2ccco2)cc1. The molecule has 182 valence electrons. The summed E-state index contributed by atoms with van der Waals surface area (Å²) in [7, 11) is 0. The largest absolute Gasteiger partial charge is 0.459 e. The van der Waals surface area contributed by atoms with Crippen molar-refractivity contribution in [3.05, 3.63) is 89.4 Å². The molecule has 0 aliphatic carbocycles. The van der Waals surface area contributed by atoms with Crippen LogP contribution in [0.3, 0.4) is 0 Å². The molecule has 3 amide bonds. The minimum absolute atomic E-state index is 0.0587. The van der Waals surface area contributed by atoms with Gasteiger partial charge in [0.05, 0.1) is 17.9 Å². The molecule has 0 bridgehead atoms. The molecular formula is C25H22F3N3O4. The highest BCUT2D eigenvalue weighted by Crippen LogP contribution is 2.31. The Labute approximate surface area is 198 Å². The highest BCUT2D eigenvalue weighted by molar-refractivity contribution is 6.02. The zero-order valence-corrected chi connectivity index (χ0v) is 18.5. The monoisotopic (exact) mass is 485 g/mol. The van der Waals surface area contributed by atoms with E-state index in [0.29, 0.717) is 25.1 Å². The normalized spacial score (nSPS) is 14.6. The van der Waals surface area contributed by atoms with Crippen molar-refractivity contribution in [3.63, 3.8) is 0 Å². The van der Waals surface area contributed by atoms with E-state index in [9.17, 15) is 27.6 Å². The number of alkyl halides is 3. The molecule has 1 fully saturated rings. The van der Waals surface area contributed by atoms with Crippen LogP contribution in [0.25, 0.3) is 0 Å². The van der Waals surface area contributed by atoms with E-state index in [0.717, 1.165) is 12.1 Å². The summed E-state index contributed by atoms with van der Waals surface area (Å²) >= 11 is 0. The number of carbonyl (C=O) groups excluding carboxylic acids is 3. The number of hydrogen-bond acceptors (Lipinski definition) is 4. The minimum atomic E-state index is -4.54. The summed E-state index contributed by atoms with van der Waals surface area (Å²) in [6.45, 7) is 0.539. The molecule has 7 nitrogen and oxygen atoms in total. The second-order valence-corrected chi connectivity index (χ2v) is 8.10. The van der Waals surface area contributed by atoms with Crippen LogP contribution in [0.4, 0.5) is 18.9 Å². The van der Waals surface area contributed by atoms with E-state index in [1.165, 1.54) is 48.7 Å². The van der Waals surface area contributed by atoms with E-state index < -0.39 is 29.6 Å². The fourth-order valence-corrected chi connectivity index (χ4v) is 3.83. The Bertz CT molecular complexity index is 1210. The summed E-state index contributed by atoms with van der Waals surface area (Å²) in [6, 6.07) is 13.0. The van der Waals surface area contributed by atoms with Crippen LogP contribution in [0.15, 0.2) is 71.3 Å². The first-order valence-electron chi connectivity index (χ1n) is 10.9. The van der Waals surface area contributed by atoms with E-state index in [2.05, 4.69) is 10.6 Å². The molecular weight excluding hydrogens is 463 g/mol. The van der Waals surface area contributed by atoms with Crippen molar-refractivity contribution in [2.75, 3.05) is 18.4 Å². The van der Waals surface area contributed by atoms with Crippen molar-refractivity contribution in [1.82, 2.24) is 10.2 Å². The van der Waals surface area contributed by atoms with Gasteiger partial charge in [-0.3, -0.25) is 14.4 Å². The van der Waals surface area contributed by atoms with Gasteiger partial charge in [0.25, 0.3) is 11.8 Å². The Kier molecular flexibility index (Phi) is 6.90. The van der Waals surface area contributed by atoms with Crippen LogP contribution in [-0.2, 0) is 11.0 Å². The molecule has 0 radical (unpaired) electrons. The van der Waals surface area contributed by atoms with E-state index in [1.807, 2.05) is 0 Å². The van der Waals surface area contributed by atoms with Gasteiger partial charge in [0.15, 0.2) is 5.76 Å². The molecule has 4 rings (SSSR count). The lowest BCUT2D eigenvalue weighted by atomic mass is 10.0. The summed E-state index contributed by atoms with van der Waals surface area (Å²) in [5.41, 5.74) is 0.0830. The fourth-order valence-electron chi connectivity index (χ4n) is 3.83. The highest BCUT2D eigenvalue weighted by atomic mass is 19.4. The number of carbonyl (C=O) groups is 3. The minimum Gasteiger partial charge on any atom is -0.459 e. The average molecular weight is 485 g/mol. The maximum Gasteiger partial charge on any atom is 0.416 e. The van der Waals surface area contributed by atoms with Gasteiger partial charge in [0.1, 0.15) is 0 Å². The highest BCUT2D eigenvalue weighted by Gasteiger charge is 2.32. The molecule has 1 unspecified atom stereocenters. The van der Waals surface area contributed by atoms with Gasteiger partial charge in [-0.25, -0.2) is 0 Å². The zero-order valence-electron chi connectivity index (χ0n) is 18.5. The number of likely N-dealkylation sites (tertiary alicyclic amines) is 1. The number of halogens is 3. The molecule has 1 atom stereocenters. The molecule has 2 aromatic carbocycles. The third kappa shape index (κ3) is 5.89. The quantitative estimate of drug-likeness (QED) is 0.510. The molecule has 10 heteroatoms. The van der Waals surface area contributed by atoms with Gasteiger partial charge < -0.3 is 20.0 Å². The van der Waals surface area contributed by atoms with Crippen LogP contribution >= 0.6 is 0 Å². The number of nitrogens with zero attached hydrogens (tertiary/aromatic N) is 1. The van der Waals surface area contributed by atoms with Gasteiger partial charge >= 0.3 is 6.18 Å². The third-order valence-corrected chi connectivity index (χ3v) is 5.65. The topological polar surface area (TPSA) is 91.7 Å². The Morgan fingerprint density at radius 1 is 1.03 bits per heavy atom. The molecule has 2 heterocycles. The van der Waals surface area contributed by atoms with E-state index >= 15 is 0 Å². The first-order valence-corrected chi connectivity index (χ1v) is 10.9. The number of nitrogens with one attached hydrogen (secondary N) is 2. The molecule has 1 aliphatic rings. The van der Waals surface area contributed by atoms with Gasteiger partial charge in [-0.15, -0.1) is 0 Å². The molecule has 0 spiro atoms. The van der Waals surface area contributed by atoms with Crippen LogP contribution in [0, 0.1) is 0 Å². The Balaban J connectivity index is 1.50. The summed E-state index contributed by atoms with van der Waals surface area (Å²) < 4.78 is 44.8. The molecule has 3 aromatic rings. The predicted molar refractivity (Wildman–Crippen MR) is 121 cm³/mol. The number of furan rings is 1. The lowest BCUT2D eigenvalue weighted by Gasteiger charge is -2.26. The van der Waals surface area contributed by atoms with Gasteiger partial charge in [-0.05, 0) is 60.5 Å². The van der Waals surface area contributed by atoms with Crippen molar-refractivity contribution in [2.24, 2.45) is 0 Å². The van der Waals surface area contributed by atoms with Crippen LogP contribution in [0.2, 0.25) is 0 Å². The Morgan fingerprint density at radius 2 is 1.80 bits per heavy atom. The zero-order chi connectivity index (χ0) is 25.0. The molecule has 0 saturated carbocycles. The van der Waals surface area contributed by atoms with E-state index in [4.69, 9.17) is 4.42 Å². The Hall–Kier alpha value is -4.08. The van der Waals surface area contributed by atoms with Crippen molar-refractivity contribution < 1.29 is 32.0 Å². The van der Waals surface area contributed by atoms with Gasteiger partial charge in [0.2, 0.25) is 5.91 Å². The molecule has 2 N–H and O–H groups in total.